The maximum atomic E-state index is 14.2. The zero-order valence-corrected chi connectivity index (χ0v) is 20.3. The predicted molar refractivity (Wildman–Crippen MR) is 130 cm³/mol. The zero-order valence-electron chi connectivity index (χ0n) is 20.3. The largest absolute Gasteiger partial charge is 0.493 e. The topological polar surface area (TPSA) is 64.7 Å². The van der Waals surface area contributed by atoms with Crippen LogP contribution in [-0.4, -0.2) is 50.7 Å². The molecule has 7 nitrogen and oxygen atoms in total. The van der Waals surface area contributed by atoms with Gasteiger partial charge in [0.1, 0.15) is 17.2 Å². The second-order valence-electron chi connectivity index (χ2n) is 8.62. The van der Waals surface area contributed by atoms with Gasteiger partial charge in [0.15, 0.2) is 5.69 Å². The fraction of sp³-hybridized carbons (Fsp3) is 0.346. The van der Waals surface area contributed by atoms with Gasteiger partial charge in [-0.1, -0.05) is 13.3 Å². The van der Waals surface area contributed by atoms with Crippen LogP contribution in [0.4, 0.5) is 4.39 Å². The summed E-state index contributed by atoms with van der Waals surface area (Å²) >= 11 is 0. The molecule has 1 amide bonds. The average molecular weight is 464 g/mol. The zero-order chi connectivity index (χ0) is 24.4. The van der Waals surface area contributed by atoms with Crippen LogP contribution in [-0.2, 0) is 19.9 Å². The van der Waals surface area contributed by atoms with E-state index in [0.717, 1.165) is 41.0 Å². The lowest BCUT2D eigenvalue weighted by molar-refractivity contribution is 0.0820. The summed E-state index contributed by atoms with van der Waals surface area (Å²) in [5.41, 5.74) is 5.70. The Labute approximate surface area is 198 Å². The van der Waals surface area contributed by atoms with Crippen molar-refractivity contribution < 1.29 is 13.9 Å². The third-order valence-corrected chi connectivity index (χ3v) is 6.02. The number of fused-ring (bicyclic) bond motifs is 1. The number of imidazole rings is 1. The standard InChI is InChI=1S/C26H30FN5O2/c1-6-7-20-15-28-24-11-8-18(16-32(20)24)22-14-19(27)9-10-23(22)34-13-12-21-17(2)31(5)29-25(21)26(33)30(3)4/h8-11,14-16H,6-7,12-13H2,1-5H3. The maximum Gasteiger partial charge on any atom is 0.274 e. The van der Waals surface area contributed by atoms with Crippen molar-refractivity contribution in [3.8, 4) is 16.9 Å². The number of halogens is 1. The number of carbonyl (C=O) groups excluding carboxylic acids is 1. The Hall–Kier alpha value is -3.68. The molecule has 0 radical (unpaired) electrons. The molecule has 0 aliphatic rings. The van der Waals surface area contributed by atoms with Gasteiger partial charge in [0, 0.05) is 68.0 Å². The van der Waals surface area contributed by atoms with Crippen molar-refractivity contribution in [2.24, 2.45) is 7.05 Å². The van der Waals surface area contributed by atoms with Gasteiger partial charge in [0.05, 0.1) is 6.61 Å². The fourth-order valence-electron chi connectivity index (χ4n) is 4.08. The van der Waals surface area contributed by atoms with E-state index in [2.05, 4.69) is 17.0 Å². The van der Waals surface area contributed by atoms with Crippen molar-refractivity contribution in [3.05, 3.63) is 71.2 Å². The second-order valence-corrected chi connectivity index (χ2v) is 8.62. The molecule has 1 aromatic carbocycles. The lowest BCUT2D eigenvalue weighted by Crippen LogP contribution is -2.23. The van der Waals surface area contributed by atoms with Gasteiger partial charge in [-0.15, -0.1) is 0 Å². The van der Waals surface area contributed by atoms with E-state index in [9.17, 15) is 9.18 Å². The molecule has 34 heavy (non-hydrogen) atoms. The van der Waals surface area contributed by atoms with Gasteiger partial charge < -0.3 is 14.0 Å². The summed E-state index contributed by atoms with van der Waals surface area (Å²) in [6, 6.07) is 8.40. The monoisotopic (exact) mass is 463 g/mol. The van der Waals surface area contributed by atoms with Crippen LogP contribution < -0.4 is 4.74 Å². The molecule has 0 aliphatic carbocycles. The molecule has 0 unspecified atom stereocenters. The van der Waals surface area contributed by atoms with Crippen molar-refractivity contribution in [1.29, 1.82) is 0 Å². The molecule has 0 N–H and O–H groups in total. The minimum atomic E-state index is -0.330. The number of amides is 1. The molecule has 3 heterocycles. The van der Waals surface area contributed by atoms with E-state index < -0.39 is 0 Å². The van der Waals surface area contributed by atoms with Crippen LogP contribution in [0.25, 0.3) is 16.8 Å². The molecule has 8 heteroatoms. The van der Waals surface area contributed by atoms with Crippen LogP contribution in [0.5, 0.6) is 5.75 Å². The van der Waals surface area contributed by atoms with E-state index in [1.54, 1.807) is 24.8 Å². The van der Waals surface area contributed by atoms with E-state index in [4.69, 9.17) is 4.74 Å². The van der Waals surface area contributed by atoms with Crippen LogP contribution in [0.1, 0.15) is 40.8 Å². The average Bonchev–Trinajstić information content (AvgIpc) is 3.34. The van der Waals surface area contributed by atoms with Gasteiger partial charge in [0.2, 0.25) is 0 Å². The summed E-state index contributed by atoms with van der Waals surface area (Å²) in [7, 11) is 5.24. The highest BCUT2D eigenvalue weighted by Crippen LogP contribution is 2.32. The van der Waals surface area contributed by atoms with Crippen molar-refractivity contribution in [2.45, 2.75) is 33.1 Å². The van der Waals surface area contributed by atoms with Gasteiger partial charge in [-0.05, 0) is 43.7 Å². The summed E-state index contributed by atoms with van der Waals surface area (Å²) in [4.78, 5) is 18.5. The van der Waals surface area contributed by atoms with E-state index in [0.29, 0.717) is 30.0 Å². The first kappa shape index (κ1) is 23.5. The first-order chi connectivity index (χ1) is 16.3. The number of benzene rings is 1. The summed E-state index contributed by atoms with van der Waals surface area (Å²) in [6.07, 6.45) is 6.29. The third-order valence-electron chi connectivity index (χ3n) is 6.02. The Morgan fingerprint density at radius 2 is 1.97 bits per heavy atom. The SMILES string of the molecule is CCCc1cnc2ccc(-c3cc(F)ccc3OCCc3c(C(=O)N(C)C)nn(C)c3C)cn12. The molecule has 4 rings (SSSR count). The van der Waals surface area contributed by atoms with Crippen molar-refractivity contribution in [2.75, 3.05) is 20.7 Å². The van der Waals surface area contributed by atoms with E-state index >= 15 is 0 Å². The summed E-state index contributed by atoms with van der Waals surface area (Å²) in [5.74, 6) is 0.112. The smallest absolute Gasteiger partial charge is 0.274 e. The van der Waals surface area contributed by atoms with Gasteiger partial charge >= 0.3 is 0 Å². The first-order valence-corrected chi connectivity index (χ1v) is 11.4. The van der Waals surface area contributed by atoms with Gasteiger partial charge in [-0.2, -0.15) is 5.10 Å². The molecule has 0 saturated heterocycles. The van der Waals surface area contributed by atoms with E-state index in [-0.39, 0.29) is 11.7 Å². The maximum absolute atomic E-state index is 14.2. The number of aryl methyl sites for hydroxylation is 2. The number of pyridine rings is 1. The fourth-order valence-corrected chi connectivity index (χ4v) is 4.08. The number of nitrogens with zero attached hydrogens (tertiary/aromatic N) is 5. The Bertz CT molecular complexity index is 1340. The normalized spacial score (nSPS) is 11.2. The molecule has 0 saturated carbocycles. The summed E-state index contributed by atoms with van der Waals surface area (Å²) in [5, 5.41) is 4.39. The first-order valence-electron chi connectivity index (χ1n) is 11.4. The molecule has 0 bridgehead atoms. The Kier molecular flexibility index (Phi) is 6.68. The van der Waals surface area contributed by atoms with Gasteiger partial charge in [-0.25, -0.2) is 9.37 Å². The number of ether oxygens (including phenoxy) is 1. The molecular weight excluding hydrogens is 433 g/mol. The number of carbonyl (C=O) groups is 1. The summed E-state index contributed by atoms with van der Waals surface area (Å²) < 4.78 is 24.1. The van der Waals surface area contributed by atoms with Crippen molar-refractivity contribution in [1.82, 2.24) is 24.1 Å². The number of rotatable bonds is 8. The minimum absolute atomic E-state index is 0.141. The van der Waals surface area contributed by atoms with Crippen LogP contribution in [0.2, 0.25) is 0 Å². The lowest BCUT2D eigenvalue weighted by Gasteiger charge is -2.14. The molecular formula is C26H30FN5O2. The molecule has 0 fully saturated rings. The molecule has 0 spiro atoms. The molecule has 3 aromatic heterocycles. The van der Waals surface area contributed by atoms with Crippen molar-refractivity contribution in [3.63, 3.8) is 0 Å². The molecule has 0 aliphatic heterocycles. The number of hydrogen-bond donors (Lipinski definition) is 0. The van der Waals surface area contributed by atoms with Crippen LogP contribution in [0.3, 0.4) is 0 Å². The predicted octanol–water partition coefficient (Wildman–Crippen LogP) is 4.46. The number of hydrogen-bond acceptors (Lipinski definition) is 4. The van der Waals surface area contributed by atoms with Crippen LogP contribution in [0.15, 0.2) is 42.7 Å². The molecule has 4 aromatic rings. The highest BCUT2D eigenvalue weighted by molar-refractivity contribution is 5.93. The minimum Gasteiger partial charge on any atom is -0.493 e. The Balaban J connectivity index is 1.61. The second kappa shape index (κ2) is 9.67. The molecule has 0 atom stereocenters. The lowest BCUT2D eigenvalue weighted by atomic mass is 10.1. The van der Waals surface area contributed by atoms with Gasteiger partial charge in [0.25, 0.3) is 5.91 Å². The van der Waals surface area contributed by atoms with Crippen LogP contribution in [0, 0.1) is 12.7 Å². The molecule has 178 valence electrons. The van der Waals surface area contributed by atoms with E-state index in [1.807, 2.05) is 42.9 Å². The Morgan fingerprint density at radius 1 is 1.18 bits per heavy atom. The quantitative estimate of drug-likeness (QED) is 0.387. The number of aromatic nitrogens is 4. The highest BCUT2D eigenvalue weighted by Gasteiger charge is 2.21. The van der Waals surface area contributed by atoms with Crippen molar-refractivity contribution >= 4 is 11.6 Å². The van der Waals surface area contributed by atoms with E-state index in [1.165, 1.54) is 17.0 Å². The highest BCUT2D eigenvalue weighted by atomic mass is 19.1. The van der Waals surface area contributed by atoms with Crippen LogP contribution >= 0.6 is 0 Å². The van der Waals surface area contributed by atoms with Gasteiger partial charge in [-0.3, -0.25) is 9.48 Å². The summed E-state index contributed by atoms with van der Waals surface area (Å²) in [6.45, 7) is 4.39. The Morgan fingerprint density at radius 3 is 2.71 bits per heavy atom. The third kappa shape index (κ3) is 4.53.